The topological polar surface area (TPSA) is 75.3 Å². The summed E-state index contributed by atoms with van der Waals surface area (Å²) in [4.78, 5) is 12.1. The van der Waals surface area contributed by atoms with Gasteiger partial charge in [-0.1, -0.05) is 155 Å². The Morgan fingerprint density at radius 3 is 1.41 bits per heavy atom. The highest BCUT2D eigenvalue weighted by Crippen LogP contribution is 2.13. The molecule has 0 aliphatic rings. The third-order valence-electron chi connectivity index (χ3n) is 8.16. The molecule has 7 heteroatoms. The van der Waals surface area contributed by atoms with Crippen molar-refractivity contribution in [1.29, 1.82) is 0 Å². The largest absolute Gasteiger partial charge is 0.447 e. The van der Waals surface area contributed by atoms with Crippen LogP contribution in [-0.4, -0.2) is 72.1 Å². The minimum Gasteiger partial charge on any atom is -0.447 e. The van der Waals surface area contributed by atoms with E-state index in [0.29, 0.717) is 39.6 Å². The molecule has 0 fully saturated rings. The van der Waals surface area contributed by atoms with Gasteiger partial charge in [0.05, 0.1) is 32.5 Å². The van der Waals surface area contributed by atoms with E-state index >= 15 is 0 Å². The van der Waals surface area contributed by atoms with Crippen LogP contribution in [0.5, 0.6) is 0 Å². The molecule has 0 heterocycles. The number of methoxy groups -OCH3 is 1. The first-order valence-corrected chi connectivity index (χ1v) is 18.9. The highest BCUT2D eigenvalue weighted by Gasteiger charge is 2.12. The number of hydrogen-bond donors (Lipinski definition) is 1. The molecule has 44 heavy (non-hydrogen) atoms. The Balaban J connectivity index is 3.99. The van der Waals surface area contributed by atoms with Crippen molar-refractivity contribution in [1.82, 2.24) is 5.32 Å². The molecule has 0 saturated carbocycles. The van der Waals surface area contributed by atoms with Crippen molar-refractivity contribution in [2.24, 2.45) is 0 Å². The van der Waals surface area contributed by atoms with Gasteiger partial charge in [-0.15, -0.1) is 0 Å². The van der Waals surface area contributed by atoms with Crippen molar-refractivity contribution in [2.45, 2.75) is 174 Å². The molecule has 0 spiro atoms. The number of nitrogens with one attached hydrogen (secondary N) is 1. The fourth-order valence-electron chi connectivity index (χ4n) is 5.30. The monoisotopic (exact) mass is 630 g/mol. The van der Waals surface area contributed by atoms with Gasteiger partial charge < -0.3 is 29.0 Å². The summed E-state index contributed by atoms with van der Waals surface area (Å²) in [5, 5.41) is 2.83. The number of ether oxygens (including phenoxy) is 5. The summed E-state index contributed by atoms with van der Waals surface area (Å²) in [5.41, 5.74) is 0. The molecule has 0 aromatic rings. The molecule has 0 rings (SSSR count). The molecule has 0 aromatic carbocycles. The highest BCUT2D eigenvalue weighted by atomic mass is 16.6. The van der Waals surface area contributed by atoms with Crippen molar-refractivity contribution in [3.8, 4) is 0 Å². The van der Waals surface area contributed by atoms with E-state index in [-0.39, 0.29) is 12.7 Å². The number of unbranched alkanes of at least 4 members (excludes halogenated alkanes) is 22. The number of rotatable bonds is 37. The molecule has 1 N–H and O–H groups in total. The van der Waals surface area contributed by atoms with E-state index in [2.05, 4.69) is 19.2 Å². The first kappa shape index (κ1) is 43.1. The van der Waals surface area contributed by atoms with Gasteiger partial charge in [-0.05, 0) is 12.8 Å². The number of carbonyl (C=O) groups excluding carboxylic acids is 1. The Labute approximate surface area is 273 Å². The maximum absolute atomic E-state index is 12.1. The van der Waals surface area contributed by atoms with Crippen LogP contribution < -0.4 is 5.32 Å². The summed E-state index contributed by atoms with van der Waals surface area (Å²) in [6.45, 7) is 8.49. The van der Waals surface area contributed by atoms with E-state index < -0.39 is 6.09 Å². The number of amides is 1. The Bertz CT molecular complexity index is 550. The number of alkyl carbamates (subject to hydrolysis) is 1. The molecular formula is C37H75NO6. The predicted molar refractivity (Wildman–Crippen MR) is 185 cm³/mol. The molecule has 0 radical (unpaired) electrons. The van der Waals surface area contributed by atoms with E-state index in [1.165, 1.54) is 141 Å². The normalized spacial score (nSPS) is 12.1. The van der Waals surface area contributed by atoms with Gasteiger partial charge in [-0.2, -0.15) is 0 Å². The minimum atomic E-state index is -0.444. The molecule has 0 saturated heterocycles. The Morgan fingerprint density at radius 1 is 0.500 bits per heavy atom. The molecule has 0 aliphatic carbocycles. The van der Waals surface area contributed by atoms with Crippen molar-refractivity contribution in [3.63, 3.8) is 0 Å². The van der Waals surface area contributed by atoms with E-state index in [1.807, 2.05) is 0 Å². The summed E-state index contributed by atoms with van der Waals surface area (Å²) in [6, 6.07) is 0. The molecule has 7 nitrogen and oxygen atoms in total. The smallest absolute Gasteiger partial charge is 0.407 e. The molecule has 0 bridgehead atoms. The lowest BCUT2D eigenvalue weighted by Crippen LogP contribution is -2.37. The van der Waals surface area contributed by atoms with E-state index in [9.17, 15) is 4.79 Å². The summed E-state index contributed by atoms with van der Waals surface area (Å²) >= 11 is 0. The highest BCUT2D eigenvalue weighted by molar-refractivity contribution is 5.67. The Hall–Kier alpha value is -0.890. The number of hydrogen-bond acceptors (Lipinski definition) is 6. The first-order chi connectivity index (χ1) is 21.7. The van der Waals surface area contributed by atoms with E-state index in [4.69, 9.17) is 23.7 Å². The number of carbonyl (C=O) groups is 1. The van der Waals surface area contributed by atoms with Crippen molar-refractivity contribution < 1.29 is 28.5 Å². The SMILES string of the molecule is CCCCCCCCCCCCCCOC[C@H](CNC(=O)OCCOCCOC)OCCCCCCCCCCCCCC. The standard InChI is InChI=1S/C37H75NO6/c1-4-6-8-10-12-14-16-18-20-22-24-26-28-42-35-36(34-38-37(39)44-33-32-41-31-30-40-3)43-29-27-25-23-21-19-17-15-13-11-9-7-5-2/h36H,4-35H2,1-3H3,(H,38,39)/t36-/m0/s1. The van der Waals surface area contributed by atoms with Crippen LogP contribution >= 0.6 is 0 Å². The molecule has 1 amide bonds. The maximum Gasteiger partial charge on any atom is 0.407 e. The molecule has 0 aliphatic heterocycles. The van der Waals surface area contributed by atoms with E-state index in [0.717, 1.165) is 19.4 Å². The van der Waals surface area contributed by atoms with Crippen LogP contribution in [0, 0.1) is 0 Å². The van der Waals surface area contributed by atoms with Crippen LogP contribution in [0.2, 0.25) is 0 Å². The zero-order valence-corrected chi connectivity index (χ0v) is 29.7. The van der Waals surface area contributed by atoms with Crippen LogP contribution in [0.15, 0.2) is 0 Å². The van der Waals surface area contributed by atoms with Gasteiger partial charge >= 0.3 is 6.09 Å². The Morgan fingerprint density at radius 2 is 0.932 bits per heavy atom. The van der Waals surface area contributed by atoms with Gasteiger partial charge in [0.1, 0.15) is 6.61 Å². The maximum atomic E-state index is 12.1. The lowest BCUT2D eigenvalue weighted by molar-refractivity contribution is -0.0180. The van der Waals surface area contributed by atoms with Crippen molar-refractivity contribution >= 4 is 6.09 Å². The average Bonchev–Trinajstić information content (AvgIpc) is 3.03. The fraction of sp³-hybridized carbons (Fsp3) is 0.973. The second kappa shape index (κ2) is 38.3. The second-order valence-electron chi connectivity index (χ2n) is 12.5. The second-order valence-corrected chi connectivity index (χ2v) is 12.5. The molecular weight excluding hydrogens is 554 g/mol. The Kier molecular flexibility index (Phi) is 37.5. The zero-order valence-electron chi connectivity index (χ0n) is 29.7. The van der Waals surface area contributed by atoms with Crippen LogP contribution in [-0.2, 0) is 23.7 Å². The van der Waals surface area contributed by atoms with Crippen LogP contribution in [0.4, 0.5) is 4.79 Å². The van der Waals surface area contributed by atoms with E-state index in [1.54, 1.807) is 7.11 Å². The van der Waals surface area contributed by atoms with Crippen LogP contribution in [0.3, 0.4) is 0 Å². The van der Waals surface area contributed by atoms with Crippen molar-refractivity contribution in [2.75, 3.05) is 59.9 Å². The van der Waals surface area contributed by atoms with Crippen LogP contribution in [0.25, 0.3) is 0 Å². The summed E-state index contributed by atoms with van der Waals surface area (Å²) in [5.74, 6) is 0. The molecule has 0 aromatic heterocycles. The van der Waals surface area contributed by atoms with Crippen LogP contribution in [0.1, 0.15) is 168 Å². The third kappa shape index (κ3) is 35.6. The van der Waals surface area contributed by atoms with Gasteiger partial charge in [-0.3, -0.25) is 0 Å². The third-order valence-corrected chi connectivity index (χ3v) is 8.16. The van der Waals surface area contributed by atoms with Gasteiger partial charge in [0.2, 0.25) is 0 Å². The first-order valence-electron chi connectivity index (χ1n) is 18.9. The molecule has 1 atom stereocenters. The minimum absolute atomic E-state index is 0.162. The quantitative estimate of drug-likeness (QED) is 0.0689. The molecule has 264 valence electrons. The predicted octanol–water partition coefficient (Wildman–Crippen LogP) is 10.2. The lowest BCUT2D eigenvalue weighted by Gasteiger charge is -2.19. The summed E-state index contributed by atoms with van der Waals surface area (Å²) < 4.78 is 27.6. The zero-order chi connectivity index (χ0) is 32.0. The molecule has 0 unspecified atom stereocenters. The summed E-state index contributed by atoms with van der Waals surface area (Å²) in [7, 11) is 1.63. The summed E-state index contributed by atoms with van der Waals surface area (Å²) in [6.07, 6.45) is 31.3. The fourth-order valence-corrected chi connectivity index (χ4v) is 5.30. The van der Waals surface area contributed by atoms with Crippen molar-refractivity contribution in [3.05, 3.63) is 0 Å². The van der Waals surface area contributed by atoms with Gasteiger partial charge in [0.15, 0.2) is 0 Å². The van der Waals surface area contributed by atoms with Gasteiger partial charge in [0.25, 0.3) is 0 Å². The lowest BCUT2D eigenvalue weighted by atomic mass is 10.1. The van der Waals surface area contributed by atoms with Gasteiger partial charge in [-0.25, -0.2) is 4.79 Å². The average molecular weight is 630 g/mol. The van der Waals surface area contributed by atoms with Gasteiger partial charge in [0, 0.05) is 26.9 Å².